The van der Waals surface area contributed by atoms with Gasteiger partial charge in [-0.3, -0.25) is 0 Å². The van der Waals surface area contributed by atoms with Crippen molar-refractivity contribution in [2.45, 2.75) is 6.54 Å². The minimum Gasteiger partial charge on any atom is -0.366 e. The van der Waals surface area contributed by atoms with Gasteiger partial charge in [0.1, 0.15) is 18.0 Å². The molecule has 1 heterocycles. The second-order valence-corrected chi connectivity index (χ2v) is 3.85. The largest absolute Gasteiger partial charge is 0.366 e. The van der Waals surface area contributed by atoms with E-state index in [0.717, 1.165) is 10.6 Å². The molecule has 0 atom stereocenters. The predicted octanol–water partition coefficient (Wildman–Crippen LogP) is 2.03. The lowest BCUT2D eigenvalue weighted by Gasteiger charge is -2.06. The molecule has 6 heteroatoms. The van der Waals surface area contributed by atoms with Crippen molar-refractivity contribution in [1.29, 1.82) is 0 Å². The Hall–Kier alpha value is -1.85. The second kappa shape index (κ2) is 5.47. The number of nitrogens with zero attached hydrogens (tertiary/aromatic N) is 2. The van der Waals surface area contributed by atoms with Crippen LogP contribution in [-0.4, -0.2) is 9.97 Å². The van der Waals surface area contributed by atoms with Crippen LogP contribution in [0.2, 0.25) is 5.02 Å². The standard InChI is InChI=1S/C11H12ClN5/c12-9-3-1-2-8(4-9)6-14-10-5-11(17-13)16-7-15-10/h1-5,7H,6,13H2,(H2,14,15,16,17). The van der Waals surface area contributed by atoms with Crippen molar-refractivity contribution < 1.29 is 0 Å². The number of nitrogen functional groups attached to an aromatic ring is 1. The Morgan fingerprint density at radius 1 is 1.18 bits per heavy atom. The zero-order chi connectivity index (χ0) is 12.1. The lowest BCUT2D eigenvalue weighted by atomic mass is 10.2. The van der Waals surface area contributed by atoms with Crippen LogP contribution < -0.4 is 16.6 Å². The van der Waals surface area contributed by atoms with Gasteiger partial charge in [0.25, 0.3) is 0 Å². The molecule has 5 nitrogen and oxygen atoms in total. The van der Waals surface area contributed by atoms with E-state index >= 15 is 0 Å². The molecule has 88 valence electrons. The van der Waals surface area contributed by atoms with E-state index in [4.69, 9.17) is 17.4 Å². The molecule has 0 spiro atoms. The van der Waals surface area contributed by atoms with Crippen LogP contribution in [0.1, 0.15) is 5.56 Å². The number of hydrazine groups is 1. The summed E-state index contributed by atoms with van der Waals surface area (Å²) < 4.78 is 0. The third kappa shape index (κ3) is 3.30. The van der Waals surface area contributed by atoms with Gasteiger partial charge in [-0.05, 0) is 17.7 Å². The lowest BCUT2D eigenvalue weighted by Crippen LogP contribution is -2.09. The number of hydrogen-bond acceptors (Lipinski definition) is 5. The molecule has 0 aliphatic rings. The summed E-state index contributed by atoms with van der Waals surface area (Å²) in [5.41, 5.74) is 3.54. The molecule has 0 unspecified atom stereocenters. The van der Waals surface area contributed by atoms with Gasteiger partial charge >= 0.3 is 0 Å². The fraction of sp³-hybridized carbons (Fsp3) is 0.0909. The van der Waals surface area contributed by atoms with Gasteiger partial charge in [-0.15, -0.1) is 0 Å². The molecular formula is C11H12ClN5. The molecule has 0 saturated carbocycles. The van der Waals surface area contributed by atoms with E-state index in [-0.39, 0.29) is 0 Å². The number of anilines is 2. The van der Waals surface area contributed by atoms with Gasteiger partial charge in [-0.1, -0.05) is 23.7 Å². The quantitative estimate of drug-likeness (QED) is 0.571. The van der Waals surface area contributed by atoms with Gasteiger partial charge in [0.15, 0.2) is 0 Å². The maximum atomic E-state index is 5.89. The smallest absolute Gasteiger partial charge is 0.145 e. The first-order valence-corrected chi connectivity index (χ1v) is 5.43. The average molecular weight is 250 g/mol. The summed E-state index contributed by atoms with van der Waals surface area (Å²) in [6.07, 6.45) is 1.44. The Morgan fingerprint density at radius 3 is 2.76 bits per heavy atom. The van der Waals surface area contributed by atoms with Gasteiger partial charge in [0, 0.05) is 17.6 Å². The Morgan fingerprint density at radius 2 is 2.00 bits per heavy atom. The Kier molecular flexibility index (Phi) is 3.74. The van der Waals surface area contributed by atoms with E-state index in [0.29, 0.717) is 18.2 Å². The van der Waals surface area contributed by atoms with Gasteiger partial charge in [-0.2, -0.15) is 0 Å². The second-order valence-electron chi connectivity index (χ2n) is 3.42. The third-order valence-corrected chi connectivity index (χ3v) is 2.41. The van der Waals surface area contributed by atoms with Crippen molar-refractivity contribution in [2.24, 2.45) is 5.84 Å². The van der Waals surface area contributed by atoms with Crippen LogP contribution in [0.15, 0.2) is 36.7 Å². The lowest BCUT2D eigenvalue weighted by molar-refractivity contribution is 1.07. The van der Waals surface area contributed by atoms with Crippen LogP contribution in [0.5, 0.6) is 0 Å². The van der Waals surface area contributed by atoms with Crippen LogP contribution in [0.25, 0.3) is 0 Å². The van der Waals surface area contributed by atoms with Crippen molar-refractivity contribution in [1.82, 2.24) is 9.97 Å². The summed E-state index contributed by atoms with van der Waals surface area (Å²) >= 11 is 5.89. The molecule has 0 aliphatic carbocycles. The molecule has 1 aromatic heterocycles. The molecule has 2 aromatic rings. The number of rotatable bonds is 4. The predicted molar refractivity (Wildman–Crippen MR) is 68.6 cm³/mol. The number of benzene rings is 1. The van der Waals surface area contributed by atoms with Gasteiger partial charge in [0.05, 0.1) is 0 Å². The maximum Gasteiger partial charge on any atom is 0.145 e. The molecule has 0 fully saturated rings. The van der Waals surface area contributed by atoms with Gasteiger partial charge < -0.3 is 10.7 Å². The zero-order valence-corrected chi connectivity index (χ0v) is 9.78. The molecule has 17 heavy (non-hydrogen) atoms. The Bertz CT molecular complexity index is 503. The summed E-state index contributed by atoms with van der Waals surface area (Å²) in [5, 5.41) is 3.88. The van der Waals surface area contributed by atoms with Crippen LogP contribution in [-0.2, 0) is 6.54 Å². The number of halogens is 1. The zero-order valence-electron chi connectivity index (χ0n) is 9.02. The first-order valence-electron chi connectivity index (χ1n) is 5.05. The third-order valence-electron chi connectivity index (χ3n) is 2.18. The number of aromatic nitrogens is 2. The van der Waals surface area contributed by atoms with Gasteiger partial charge in [-0.25, -0.2) is 15.8 Å². The molecule has 0 radical (unpaired) electrons. The van der Waals surface area contributed by atoms with Crippen molar-refractivity contribution in [3.05, 3.63) is 47.2 Å². The van der Waals surface area contributed by atoms with E-state index < -0.39 is 0 Å². The maximum absolute atomic E-state index is 5.89. The SMILES string of the molecule is NNc1cc(NCc2cccc(Cl)c2)ncn1. The van der Waals surface area contributed by atoms with Crippen molar-refractivity contribution in [3.63, 3.8) is 0 Å². The molecule has 0 saturated heterocycles. The van der Waals surface area contributed by atoms with E-state index in [9.17, 15) is 0 Å². The highest BCUT2D eigenvalue weighted by Crippen LogP contribution is 2.13. The summed E-state index contributed by atoms with van der Waals surface area (Å²) in [6, 6.07) is 9.36. The molecule has 1 aromatic carbocycles. The molecular weight excluding hydrogens is 238 g/mol. The first-order chi connectivity index (χ1) is 8.28. The summed E-state index contributed by atoms with van der Waals surface area (Å²) in [6.45, 7) is 0.640. The summed E-state index contributed by atoms with van der Waals surface area (Å²) in [4.78, 5) is 7.99. The molecule has 0 aliphatic heterocycles. The van der Waals surface area contributed by atoms with Crippen LogP contribution in [0.4, 0.5) is 11.6 Å². The van der Waals surface area contributed by atoms with E-state index in [1.165, 1.54) is 6.33 Å². The molecule has 0 bridgehead atoms. The van der Waals surface area contributed by atoms with E-state index in [2.05, 4.69) is 20.7 Å². The summed E-state index contributed by atoms with van der Waals surface area (Å²) in [7, 11) is 0. The van der Waals surface area contributed by atoms with Crippen molar-refractivity contribution in [2.75, 3.05) is 10.7 Å². The van der Waals surface area contributed by atoms with Gasteiger partial charge in [0.2, 0.25) is 0 Å². The highest BCUT2D eigenvalue weighted by atomic mass is 35.5. The number of nitrogens with one attached hydrogen (secondary N) is 2. The highest BCUT2D eigenvalue weighted by Gasteiger charge is 1.98. The fourth-order valence-corrected chi connectivity index (χ4v) is 1.59. The first kappa shape index (κ1) is 11.6. The monoisotopic (exact) mass is 249 g/mol. The highest BCUT2D eigenvalue weighted by molar-refractivity contribution is 6.30. The van der Waals surface area contributed by atoms with E-state index in [1.807, 2.05) is 24.3 Å². The van der Waals surface area contributed by atoms with Crippen molar-refractivity contribution in [3.8, 4) is 0 Å². The van der Waals surface area contributed by atoms with Crippen molar-refractivity contribution >= 4 is 23.2 Å². The van der Waals surface area contributed by atoms with E-state index in [1.54, 1.807) is 6.07 Å². The number of nitrogens with two attached hydrogens (primary N) is 1. The average Bonchev–Trinajstić information content (AvgIpc) is 2.37. The van der Waals surface area contributed by atoms with Crippen LogP contribution >= 0.6 is 11.6 Å². The molecule has 2 rings (SSSR count). The van der Waals surface area contributed by atoms with Crippen LogP contribution in [0, 0.1) is 0 Å². The normalized spacial score (nSPS) is 10.0. The fourth-order valence-electron chi connectivity index (χ4n) is 1.37. The summed E-state index contributed by atoms with van der Waals surface area (Å²) in [5.74, 6) is 6.53. The molecule has 0 amide bonds. The molecule has 4 N–H and O–H groups in total. The minimum atomic E-state index is 0.564. The topological polar surface area (TPSA) is 75.9 Å². The minimum absolute atomic E-state index is 0.564. The Balaban J connectivity index is 2.02. The Labute approximate surface area is 104 Å². The number of hydrogen-bond donors (Lipinski definition) is 3. The van der Waals surface area contributed by atoms with Crippen LogP contribution in [0.3, 0.4) is 0 Å².